The van der Waals surface area contributed by atoms with Gasteiger partial charge in [-0.05, 0) is 85.2 Å². The lowest BCUT2D eigenvalue weighted by Gasteiger charge is -2.12. The monoisotopic (exact) mass is 436 g/mol. The van der Waals surface area contributed by atoms with Crippen molar-refractivity contribution in [2.45, 2.75) is 58.8 Å². The van der Waals surface area contributed by atoms with Crippen LogP contribution in [0.15, 0.2) is 42.5 Å². The molecule has 0 saturated carbocycles. The lowest BCUT2D eigenvalue weighted by molar-refractivity contribution is -0.138. The Morgan fingerprint density at radius 2 is 1.59 bits per heavy atom. The third kappa shape index (κ3) is 5.52. The first-order valence-electron chi connectivity index (χ1n) is 11.2. The molecule has 0 saturated heterocycles. The highest BCUT2D eigenvalue weighted by Gasteiger charge is 2.14. The first-order chi connectivity index (χ1) is 15.3. The van der Waals surface area contributed by atoms with E-state index >= 15 is 0 Å². The molecule has 5 heteroatoms. The van der Waals surface area contributed by atoms with Crippen molar-refractivity contribution in [3.8, 4) is 17.2 Å². The number of benzene rings is 3. The number of unbranched alkanes of at least 4 members (excludes halogenated alkanes) is 3. The summed E-state index contributed by atoms with van der Waals surface area (Å²) in [6, 6.07) is 13.6. The molecule has 32 heavy (non-hydrogen) atoms. The lowest BCUT2D eigenvalue weighted by atomic mass is 9.98. The zero-order valence-corrected chi connectivity index (χ0v) is 19.0. The second kappa shape index (κ2) is 10.4. The number of carboxylic acid groups (broad SMARTS) is 1. The van der Waals surface area contributed by atoms with E-state index in [0.29, 0.717) is 12.2 Å². The minimum absolute atomic E-state index is 0.00333. The van der Waals surface area contributed by atoms with Crippen LogP contribution < -0.4 is 4.74 Å². The molecular weight excluding hydrogens is 404 g/mol. The van der Waals surface area contributed by atoms with Crippen LogP contribution in [0, 0.1) is 13.8 Å². The molecule has 3 aromatic carbocycles. The van der Waals surface area contributed by atoms with Crippen LogP contribution in [0.1, 0.15) is 60.8 Å². The summed E-state index contributed by atoms with van der Waals surface area (Å²) in [7, 11) is 0. The molecule has 0 aromatic heterocycles. The summed E-state index contributed by atoms with van der Waals surface area (Å²) in [5.41, 5.74) is 3.36. The number of fused-ring (bicyclic) bond motifs is 1. The van der Waals surface area contributed by atoms with Crippen molar-refractivity contribution in [3.63, 3.8) is 0 Å². The highest BCUT2D eigenvalue weighted by atomic mass is 16.5. The lowest BCUT2D eigenvalue weighted by Crippen LogP contribution is -2.07. The summed E-state index contributed by atoms with van der Waals surface area (Å²) in [4.78, 5) is 11.2. The minimum Gasteiger partial charge on any atom is -0.504 e. The quantitative estimate of drug-likeness (QED) is 0.259. The van der Waals surface area contributed by atoms with Crippen molar-refractivity contribution in [1.82, 2.24) is 0 Å². The zero-order valence-electron chi connectivity index (χ0n) is 19.0. The van der Waals surface area contributed by atoms with Gasteiger partial charge in [-0.25, -0.2) is 0 Å². The fourth-order valence-corrected chi connectivity index (χ4v) is 3.92. The number of rotatable bonds is 10. The molecule has 3 rings (SSSR count). The zero-order chi connectivity index (χ0) is 23.3. The van der Waals surface area contributed by atoms with Crippen molar-refractivity contribution >= 4 is 16.7 Å². The van der Waals surface area contributed by atoms with E-state index in [2.05, 4.69) is 0 Å². The second-order valence-electron chi connectivity index (χ2n) is 8.52. The van der Waals surface area contributed by atoms with Gasteiger partial charge in [-0.3, -0.25) is 4.79 Å². The molecule has 170 valence electrons. The van der Waals surface area contributed by atoms with E-state index in [0.717, 1.165) is 65.3 Å². The standard InChI is InChI=1S/C27H32O5/c1-17-14-20(18(2)26(29)25(17)28)8-6-4-5-7-13-32-24-12-11-22-15-21(19(3)27(30)31)9-10-23(22)16-24/h9-12,14-16,19,28-29H,4-8,13H2,1-3H3,(H,30,31)/t19-/m0/s1. The van der Waals surface area contributed by atoms with Gasteiger partial charge in [0.05, 0.1) is 12.5 Å². The highest BCUT2D eigenvalue weighted by Crippen LogP contribution is 2.35. The third-order valence-corrected chi connectivity index (χ3v) is 6.14. The van der Waals surface area contributed by atoms with Crippen LogP contribution in [0.5, 0.6) is 17.2 Å². The topological polar surface area (TPSA) is 87.0 Å². The van der Waals surface area contributed by atoms with Crippen molar-refractivity contribution in [1.29, 1.82) is 0 Å². The van der Waals surface area contributed by atoms with Gasteiger partial charge in [-0.15, -0.1) is 0 Å². The van der Waals surface area contributed by atoms with Gasteiger partial charge in [0.1, 0.15) is 5.75 Å². The third-order valence-electron chi connectivity index (χ3n) is 6.14. The van der Waals surface area contributed by atoms with Gasteiger partial charge >= 0.3 is 5.97 Å². The number of aliphatic carboxylic acids is 1. The van der Waals surface area contributed by atoms with E-state index < -0.39 is 11.9 Å². The molecule has 0 radical (unpaired) electrons. The van der Waals surface area contributed by atoms with Gasteiger partial charge in [-0.1, -0.05) is 43.2 Å². The summed E-state index contributed by atoms with van der Waals surface area (Å²) in [6.45, 7) is 5.99. The Kier molecular flexibility index (Phi) is 7.62. The molecule has 0 unspecified atom stereocenters. The Hall–Kier alpha value is -3.21. The van der Waals surface area contributed by atoms with Crippen LogP contribution in [0.2, 0.25) is 0 Å². The molecule has 5 nitrogen and oxygen atoms in total. The molecule has 0 amide bonds. The summed E-state index contributed by atoms with van der Waals surface area (Å²) in [5, 5.41) is 31.0. The number of aryl methyl sites for hydroxylation is 2. The maximum Gasteiger partial charge on any atom is 0.310 e. The van der Waals surface area contributed by atoms with Crippen molar-refractivity contribution < 1.29 is 24.9 Å². The van der Waals surface area contributed by atoms with Crippen LogP contribution in [-0.2, 0) is 11.2 Å². The second-order valence-corrected chi connectivity index (χ2v) is 8.52. The molecule has 1 atom stereocenters. The maximum absolute atomic E-state index is 11.2. The maximum atomic E-state index is 11.2. The number of phenolic OH excluding ortho intramolecular Hbond substituents is 2. The van der Waals surface area contributed by atoms with E-state index in [4.69, 9.17) is 4.74 Å². The van der Waals surface area contributed by atoms with Crippen LogP contribution >= 0.6 is 0 Å². The van der Waals surface area contributed by atoms with Crippen LogP contribution in [-0.4, -0.2) is 27.9 Å². The smallest absolute Gasteiger partial charge is 0.310 e. The Labute approximate surface area is 189 Å². The number of ether oxygens (including phenoxy) is 1. The molecule has 0 aliphatic rings. The summed E-state index contributed by atoms with van der Waals surface area (Å²) >= 11 is 0. The van der Waals surface area contributed by atoms with E-state index in [-0.39, 0.29) is 11.5 Å². The Morgan fingerprint density at radius 1 is 0.906 bits per heavy atom. The van der Waals surface area contributed by atoms with Gasteiger partial charge in [0.15, 0.2) is 11.5 Å². The summed E-state index contributed by atoms with van der Waals surface area (Å²) < 4.78 is 5.90. The molecule has 0 aliphatic carbocycles. The van der Waals surface area contributed by atoms with Gasteiger partial charge < -0.3 is 20.1 Å². The van der Waals surface area contributed by atoms with E-state index in [1.807, 2.05) is 49.4 Å². The van der Waals surface area contributed by atoms with Crippen molar-refractivity contribution in [2.24, 2.45) is 0 Å². The predicted molar refractivity (Wildman–Crippen MR) is 127 cm³/mol. The molecular formula is C27H32O5. The number of aromatic hydroxyl groups is 2. The average molecular weight is 437 g/mol. The van der Waals surface area contributed by atoms with Gasteiger partial charge in [-0.2, -0.15) is 0 Å². The average Bonchev–Trinajstić information content (AvgIpc) is 2.79. The largest absolute Gasteiger partial charge is 0.504 e. The summed E-state index contributed by atoms with van der Waals surface area (Å²) in [6.07, 6.45) is 5.01. The summed E-state index contributed by atoms with van der Waals surface area (Å²) in [5.74, 6) is -0.551. The molecule has 0 bridgehead atoms. The Bertz CT molecular complexity index is 1100. The number of carbonyl (C=O) groups is 1. The molecule has 0 aliphatic heterocycles. The van der Waals surface area contributed by atoms with Gasteiger partial charge in [0, 0.05) is 0 Å². The number of hydrogen-bond donors (Lipinski definition) is 3. The van der Waals surface area contributed by atoms with Crippen LogP contribution in [0.3, 0.4) is 0 Å². The first-order valence-corrected chi connectivity index (χ1v) is 11.2. The predicted octanol–water partition coefficient (Wildman–Crippen LogP) is 6.24. The molecule has 0 spiro atoms. The number of phenols is 2. The fourth-order valence-electron chi connectivity index (χ4n) is 3.92. The minimum atomic E-state index is -0.823. The van der Waals surface area contributed by atoms with E-state index in [1.165, 1.54) is 0 Å². The first kappa shape index (κ1) is 23.5. The van der Waals surface area contributed by atoms with Crippen molar-refractivity contribution in [3.05, 3.63) is 64.7 Å². The van der Waals surface area contributed by atoms with Crippen molar-refractivity contribution in [2.75, 3.05) is 6.61 Å². The number of carboxylic acids is 1. The molecule has 0 fully saturated rings. The highest BCUT2D eigenvalue weighted by molar-refractivity contribution is 5.86. The normalized spacial score (nSPS) is 12.1. The van der Waals surface area contributed by atoms with Gasteiger partial charge in [0.25, 0.3) is 0 Å². The fraction of sp³-hybridized carbons (Fsp3) is 0.370. The van der Waals surface area contributed by atoms with E-state index in [9.17, 15) is 20.1 Å². The van der Waals surface area contributed by atoms with Crippen LogP contribution in [0.25, 0.3) is 10.8 Å². The van der Waals surface area contributed by atoms with E-state index in [1.54, 1.807) is 13.8 Å². The molecule has 3 N–H and O–H groups in total. The van der Waals surface area contributed by atoms with Gasteiger partial charge in [0.2, 0.25) is 0 Å². The number of hydrogen-bond acceptors (Lipinski definition) is 4. The Morgan fingerprint density at radius 3 is 2.34 bits per heavy atom. The Balaban J connectivity index is 1.43. The molecule has 3 aromatic rings. The molecule has 0 heterocycles. The SMILES string of the molecule is Cc1cc(CCCCCCOc2ccc3cc([C@H](C)C(=O)O)ccc3c2)c(C)c(O)c1O. The van der Waals surface area contributed by atoms with Crippen LogP contribution in [0.4, 0.5) is 0 Å².